The smallest absolute Gasteiger partial charge is 0.0401 e. The fraction of sp³-hybridized carbons (Fsp3) is 0. The second-order valence-electron chi connectivity index (χ2n) is 2.72. The molecule has 0 fully saturated rings. The van der Waals surface area contributed by atoms with Crippen molar-refractivity contribution in [3.8, 4) is 10.4 Å². The van der Waals surface area contributed by atoms with Gasteiger partial charge in [0.05, 0.1) is 0 Å². The summed E-state index contributed by atoms with van der Waals surface area (Å²) in [6, 6.07) is 9.98. The molecule has 1 heterocycles. The van der Waals surface area contributed by atoms with Crippen molar-refractivity contribution >= 4 is 33.0 Å². The third-order valence-electron chi connectivity index (χ3n) is 1.79. The minimum atomic E-state index is 0.830. The number of para-hydroxylation sites is 1. The first-order valence-electron chi connectivity index (χ1n) is 3.86. The van der Waals surface area contributed by atoms with E-state index in [1.807, 2.05) is 24.3 Å². The average Bonchev–Trinajstić information content (AvgIpc) is 2.53. The van der Waals surface area contributed by atoms with Gasteiger partial charge in [-0.15, -0.1) is 11.3 Å². The van der Waals surface area contributed by atoms with Crippen molar-refractivity contribution in [3.05, 3.63) is 40.2 Å². The van der Waals surface area contributed by atoms with E-state index in [2.05, 4.69) is 27.4 Å². The maximum Gasteiger partial charge on any atom is 0.0401 e. The second-order valence-corrected chi connectivity index (χ2v) is 4.54. The first-order valence-corrected chi connectivity index (χ1v) is 5.53. The van der Waals surface area contributed by atoms with Gasteiger partial charge in [-0.25, -0.2) is 0 Å². The summed E-state index contributed by atoms with van der Waals surface area (Å²) < 4.78 is 1.11. The number of nitrogens with two attached hydrogens (primary N) is 1. The van der Waals surface area contributed by atoms with E-state index in [0.717, 1.165) is 15.7 Å². The molecular weight excluding hydrogens is 246 g/mol. The zero-order valence-corrected chi connectivity index (χ0v) is 9.23. The zero-order valence-electron chi connectivity index (χ0n) is 6.83. The van der Waals surface area contributed by atoms with Gasteiger partial charge in [-0.1, -0.05) is 18.2 Å². The summed E-state index contributed by atoms with van der Waals surface area (Å²) in [6.07, 6.45) is 0. The van der Waals surface area contributed by atoms with E-state index in [9.17, 15) is 0 Å². The van der Waals surface area contributed by atoms with E-state index >= 15 is 0 Å². The number of hydrogen-bond acceptors (Lipinski definition) is 2. The van der Waals surface area contributed by atoms with Crippen molar-refractivity contribution in [2.75, 3.05) is 5.73 Å². The molecule has 0 aliphatic heterocycles. The second kappa shape index (κ2) is 3.52. The lowest BCUT2D eigenvalue weighted by Crippen LogP contribution is -1.86. The maximum atomic E-state index is 5.85. The average molecular weight is 254 g/mol. The van der Waals surface area contributed by atoms with Gasteiger partial charge in [0.1, 0.15) is 0 Å². The number of rotatable bonds is 1. The van der Waals surface area contributed by atoms with Gasteiger partial charge >= 0.3 is 0 Å². The molecule has 0 radical (unpaired) electrons. The van der Waals surface area contributed by atoms with Crippen molar-refractivity contribution < 1.29 is 0 Å². The van der Waals surface area contributed by atoms with Crippen LogP contribution in [-0.2, 0) is 0 Å². The molecule has 0 amide bonds. The van der Waals surface area contributed by atoms with Gasteiger partial charge in [-0.05, 0) is 28.1 Å². The lowest BCUT2D eigenvalue weighted by atomic mass is 10.1. The Morgan fingerprint density at radius 3 is 2.62 bits per heavy atom. The summed E-state index contributed by atoms with van der Waals surface area (Å²) >= 11 is 5.11. The highest BCUT2D eigenvalue weighted by Gasteiger charge is 2.03. The number of nitrogen functional groups attached to an aromatic ring is 1. The molecule has 0 saturated carbocycles. The molecular formula is C10H8BrNS. The van der Waals surface area contributed by atoms with Crippen LogP contribution in [-0.4, -0.2) is 0 Å². The van der Waals surface area contributed by atoms with Gasteiger partial charge in [-0.2, -0.15) is 0 Å². The zero-order chi connectivity index (χ0) is 9.26. The summed E-state index contributed by atoms with van der Waals surface area (Å²) in [6.45, 7) is 0. The van der Waals surface area contributed by atoms with Crippen LogP contribution in [0.3, 0.4) is 0 Å². The lowest BCUT2D eigenvalue weighted by molar-refractivity contribution is 1.67. The van der Waals surface area contributed by atoms with Crippen LogP contribution < -0.4 is 5.73 Å². The third-order valence-corrected chi connectivity index (χ3v) is 3.52. The molecule has 0 aliphatic rings. The van der Waals surface area contributed by atoms with Gasteiger partial charge in [-0.3, -0.25) is 0 Å². The topological polar surface area (TPSA) is 26.0 Å². The molecule has 0 unspecified atom stereocenters. The normalized spacial score (nSPS) is 10.2. The van der Waals surface area contributed by atoms with Crippen LogP contribution in [0.1, 0.15) is 0 Å². The van der Waals surface area contributed by atoms with E-state index in [-0.39, 0.29) is 0 Å². The summed E-state index contributed by atoms with van der Waals surface area (Å²) in [7, 11) is 0. The van der Waals surface area contributed by atoms with Gasteiger partial charge in [0.15, 0.2) is 0 Å². The van der Waals surface area contributed by atoms with Crippen LogP contribution in [0.25, 0.3) is 10.4 Å². The molecule has 1 aromatic carbocycles. The van der Waals surface area contributed by atoms with E-state index < -0.39 is 0 Å². The molecule has 0 atom stereocenters. The van der Waals surface area contributed by atoms with Gasteiger partial charge in [0.25, 0.3) is 0 Å². The van der Waals surface area contributed by atoms with Crippen molar-refractivity contribution in [2.24, 2.45) is 0 Å². The minimum Gasteiger partial charge on any atom is -0.398 e. The molecule has 2 N–H and O–H groups in total. The highest BCUT2D eigenvalue weighted by Crippen LogP contribution is 2.32. The molecule has 2 rings (SSSR count). The number of hydrogen-bond donors (Lipinski definition) is 1. The summed E-state index contributed by atoms with van der Waals surface area (Å²) in [5.41, 5.74) is 7.79. The molecule has 66 valence electrons. The first kappa shape index (κ1) is 8.78. The Morgan fingerprint density at radius 2 is 2.00 bits per heavy atom. The first-order chi connectivity index (χ1) is 6.27. The fourth-order valence-corrected chi connectivity index (χ4v) is 2.65. The lowest BCUT2D eigenvalue weighted by Gasteiger charge is -2.00. The molecule has 0 spiro atoms. The van der Waals surface area contributed by atoms with E-state index in [1.165, 1.54) is 4.88 Å². The Morgan fingerprint density at radius 1 is 1.23 bits per heavy atom. The largest absolute Gasteiger partial charge is 0.398 e. The van der Waals surface area contributed by atoms with Crippen LogP contribution in [0.15, 0.2) is 40.2 Å². The Kier molecular flexibility index (Phi) is 2.38. The molecule has 0 bridgehead atoms. The number of benzene rings is 1. The van der Waals surface area contributed by atoms with Gasteiger partial charge in [0.2, 0.25) is 0 Å². The molecule has 3 heteroatoms. The Hall–Kier alpha value is -0.800. The van der Waals surface area contributed by atoms with Crippen molar-refractivity contribution in [1.82, 2.24) is 0 Å². The maximum absolute atomic E-state index is 5.85. The quantitative estimate of drug-likeness (QED) is 0.770. The molecule has 13 heavy (non-hydrogen) atoms. The highest BCUT2D eigenvalue weighted by molar-refractivity contribution is 9.10. The molecule has 0 saturated heterocycles. The Bertz CT molecular complexity index is 422. The SMILES string of the molecule is Nc1ccccc1-c1cc(Br)cs1. The number of halogens is 1. The van der Waals surface area contributed by atoms with Crippen molar-refractivity contribution in [1.29, 1.82) is 0 Å². The number of thiophene rings is 1. The third kappa shape index (κ3) is 1.76. The van der Waals surface area contributed by atoms with Crippen molar-refractivity contribution in [2.45, 2.75) is 0 Å². The Labute approximate surface area is 89.3 Å². The van der Waals surface area contributed by atoms with Crippen LogP contribution >= 0.6 is 27.3 Å². The van der Waals surface area contributed by atoms with Gasteiger partial charge < -0.3 is 5.73 Å². The van der Waals surface area contributed by atoms with Gasteiger partial charge in [0, 0.05) is 26.0 Å². The van der Waals surface area contributed by atoms with Crippen LogP contribution in [0.5, 0.6) is 0 Å². The standard InChI is InChI=1S/C10H8BrNS/c11-7-5-10(13-6-7)8-3-1-2-4-9(8)12/h1-6H,12H2. The molecule has 2 aromatic rings. The monoisotopic (exact) mass is 253 g/mol. The van der Waals surface area contributed by atoms with E-state index in [0.29, 0.717) is 0 Å². The predicted octanol–water partition coefficient (Wildman–Crippen LogP) is 3.76. The summed E-state index contributed by atoms with van der Waals surface area (Å²) in [4.78, 5) is 1.20. The van der Waals surface area contributed by atoms with Crippen molar-refractivity contribution in [3.63, 3.8) is 0 Å². The Balaban J connectivity index is 2.52. The predicted molar refractivity (Wildman–Crippen MR) is 61.9 cm³/mol. The highest BCUT2D eigenvalue weighted by atomic mass is 79.9. The van der Waals surface area contributed by atoms with E-state index in [1.54, 1.807) is 11.3 Å². The van der Waals surface area contributed by atoms with Crippen LogP contribution in [0.2, 0.25) is 0 Å². The molecule has 1 nitrogen and oxygen atoms in total. The van der Waals surface area contributed by atoms with Crippen LogP contribution in [0, 0.1) is 0 Å². The minimum absolute atomic E-state index is 0.830. The molecule has 1 aromatic heterocycles. The summed E-state index contributed by atoms with van der Waals surface area (Å²) in [5, 5.41) is 2.06. The van der Waals surface area contributed by atoms with Crippen LogP contribution in [0.4, 0.5) is 5.69 Å². The molecule has 0 aliphatic carbocycles. The van der Waals surface area contributed by atoms with E-state index in [4.69, 9.17) is 5.73 Å². The summed E-state index contributed by atoms with van der Waals surface area (Å²) in [5.74, 6) is 0. The fourth-order valence-electron chi connectivity index (χ4n) is 1.18. The number of anilines is 1.